The highest BCUT2D eigenvalue weighted by atomic mass is 16.6. The molecule has 1 amide bonds. The zero-order valence-corrected chi connectivity index (χ0v) is 11.3. The standard InChI is InChI=1S/C14H20N2O3/c1-10-3-5-12(6-4-10)16-14(17)18-9-13-8-15-7-11(2)19-13/h3-6,11,13,15H,7-9H2,1-2H3,(H,16,17). The number of ether oxygens (including phenoxy) is 2. The fourth-order valence-electron chi connectivity index (χ4n) is 1.93. The summed E-state index contributed by atoms with van der Waals surface area (Å²) < 4.78 is 10.8. The molecule has 0 saturated carbocycles. The Morgan fingerprint density at radius 3 is 2.84 bits per heavy atom. The van der Waals surface area contributed by atoms with Gasteiger partial charge in [-0.25, -0.2) is 4.79 Å². The van der Waals surface area contributed by atoms with Crippen molar-refractivity contribution in [3.63, 3.8) is 0 Å². The van der Waals surface area contributed by atoms with Crippen molar-refractivity contribution < 1.29 is 14.3 Å². The van der Waals surface area contributed by atoms with E-state index in [0.717, 1.165) is 17.8 Å². The summed E-state index contributed by atoms with van der Waals surface area (Å²) in [7, 11) is 0. The highest BCUT2D eigenvalue weighted by Gasteiger charge is 2.20. The Hall–Kier alpha value is -1.59. The Kier molecular flexibility index (Phi) is 4.76. The summed E-state index contributed by atoms with van der Waals surface area (Å²) in [6, 6.07) is 7.56. The number of morpholine rings is 1. The van der Waals surface area contributed by atoms with Gasteiger partial charge in [0.15, 0.2) is 0 Å². The summed E-state index contributed by atoms with van der Waals surface area (Å²) in [4.78, 5) is 11.6. The second kappa shape index (κ2) is 6.54. The molecule has 0 aromatic heterocycles. The maximum absolute atomic E-state index is 11.6. The Labute approximate surface area is 113 Å². The maximum atomic E-state index is 11.6. The topological polar surface area (TPSA) is 59.6 Å². The predicted octanol–water partition coefficient (Wildman–Crippen LogP) is 1.92. The Morgan fingerprint density at radius 2 is 2.16 bits per heavy atom. The fraction of sp³-hybridized carbons (Fsp3) is 0.500. The van der Waals surface area contributed by atoms with Gasteiger partial charge in [0.2, 0.25) is 0 Å². The summed E-state index contributed by atoms with van der Waals surface area (Å²) in [5, 5.41) is 5.91. The van der Waals surface area contributed by atoms with Crippen molar-refractivity contribution >= 4 is 11.8 Å². The first-order valence-electron chi connectivity index (χ1n) is 6.50. The van der Waals surface area contributed by atoms with Crippen LogP contribution in [-0.4, -0.2) is 38.0 Å². The normalized spacial score (nSPS) is 22.8. The number of amides is 1. The molecule has 1 aromatic carbocycles. The molecule has 0 spiro atoms. The van der Waals surface area contributed by atoms with Crippen molar-refractivity contribution in [3.8, 4) is 0 Å². The molecule has 19 heavy (non-hydrogen) atoms. The highest BCUT2D eigenvalue weighted by molar-refractivity contribution is 5.84. The van der Waals surface area contributed by atoms with E-state index in [1.54, 1.807) is 0 Å². The lowest BCUT2D eigenvalue weighted by atomic mass is 10.2. The molecule has 1 saturated heterocycles. The van der Waals surface area contributed by atoms with Crippen LogP contribution in [-0.2, 0) is 9.47 Å². The zero-order valence-electron chi connectivity index (χ0n) is 11.3. The van der Waals surface area contributed by atoms with Crippen molar-refractivity contribution in [2.75, 3.05) is 25.0 Å². The molecule has 1 fully saturated rings. The van der Waals surface area contributed by atoms with Crippen LogP contribution in [0.5, 0.6) is 0 Å². The fourth-order valence-corrected chi connectivity index (χ4v) is 1.93. The lowest BCUT2D eigenvalue weighted by Gasteiger charge is -2.28. The molecule has 0 bridgehead atoms. The van der Waals surface area contributed by atoms with Crippen molar-refractivity contribution in [2.45, 2.75) is 26.1 Å². The summed E-state index contributed by atoms with van der Waals surface area (Å²) in [6.45, 7) is 5.80. The lowest BCUT2D eigenvalue weighted by molar-refractivity contribution is -0.0533. The first-order chi connectivity index (χ1) is 9.13. The van der Waals surface area contributed by atoms with Gasteiger partial charge < -0.3 is 14.8 Å². The summed E-state index contributed by atoms with van der Waals surface area (Å²) in [5.74, 6) is 0. The van der Waals surface area contributed by atoms with E-state index >= 15 is 0 Å². The van der Waals surface area contributed by atoms with Gasteiger partial charge in [0.05, 0.1) is 6.10 Å². The molecule has 104 valence electrons. The number of carbonyl (C=O) groups is 1. The van der Waals surface area contributed by atoms with Gasteiger partial charge in [-0.3, -0.25) is 5.32 Å². The van der Waals surface area contributed by atoms with Crippen LogP contribution >= 0.6 is 0 Å². The van der Waals surface area contributed by atoms with Crippen molar-refractivity contribution in [3.05, 3.63) is 29.8 Å². The Morgan fingerprint density at radius 1 is 1.42 bits per heavy atom. The van der Waals surface area contributed by atoms with Crippen molar-refractivity contribution in [1.29, 1.82) is 0 Å². The zero-order chi connectivity index (χ0) is 13.7. The molecule has 1 aliphatic heterocycles. The molecule has 5 heteroatoms. The molecule has 0 aliphatic carbocycles. The van der Waals surface area contributed by atoms with E-state index in [2.05, 4.69) is 10.6 Å². The third-order valence-corrected chi connectivity index (χ3v) is 2.93. The van der Waals surface area contributed by atoms with Crippen LogP contribution in [0.1, 0.15) is 12.5 Å². The largest absolute Gasteiger partial charge is 0.446 e. The third kappa shape index (κ3) is 4.54. The molecule has 2 N–H and O–H groups in total. The molecule has 1 aromatic rings. The van der Waals surface area contributed by atoms with E-state index in [4.69, 9.17) is 9.47 Å². The number of nitrogens with one attached hydrogen (secondary N) is 2. The lowest BCUT2D eigenvalue weighted by Crippen LogP contribution is -2.45. The minimum atomic E-state index is -0.453. The van der Waals surface area contributed by atoms with E-state index in [0.29, 0.717) is 6.54 Å². The molecule has 1 heterocycles. The first-order valence-corrected chi connectivity index (χ1v) is 6.50. The quantitative estimate of drug-likeness (QED) is 0.875. The molecule has 5 nitrogen and oxygen atoms in total. The van der Waals surface area contributed by atoms with Crippen LogP contribution in [0.3, 0.4) is 0 Å². The van der Waals surface area contributed by atoms with Gasteiger partial charge >= 0.3 is 6.09 Å². The predicted molar refractivity (Wildman–Crippen MR) is 73.4 cm³/mol. The molecular weight excluding hydrogens is 244 g/mol. The van der Waals surface area contributed by atoms with Gasteiger partial charge in [0.1, 0.15) is 12.7 Å². The Balaban J connectivity index is 1.73. The average Bonchev–Trinajstić information content (AvgIpc) is 2.39. The van der Waals surface area contributed by atoms with Crippen LogP contribution in [0.4, 0.5) is 10.5 Å². The summed E-state index contributed by atoms with van der Waals surface area (Å²) >= 11 is 0. The van der Waals surface area contributed by atoms with Gasteiger partial charge in [-0.1, -0.05) is 17.7 Å². The SMILES string of the molecule is Cc1ccc(NC(=O)OCC2CNCC(C)O2)cc1. The van der Waals surface area contributed by atoms with Crippen LogP contribution in [0.15, 0.2) is 24.3 Å². The van der Waals surface area contributed by atoms with Crippen LogP contribution in [0.25, 0.3) is 0 Å². The molecule has 2 rings (SSSR count). The van der Waals surface area contributed by atoms with Gasteiger partial charge in [0.25, 0.3) is 0 Å². The summed E-state index contributed by atoms with van der Waals surface area (Å²) in [5.41, 5.74) is 1.88. The minimum Gasteiger partial charge on any atom is -0.446 e. The van der Waals surface area contributed by atoms with Crippen molar-refractivity contribution in [2.24, 2.45) is 0 Å². The van der Waals surface area contributed by atoms with E-state index in [-0.39, 0.29) is 18.8 Å². The molecule has 2 unspecified atom stereocenters. The van der Waals surface area contributed by atoms with Gasteiger partial charge in [0, 0.05) is 18.8 Å². The third-order valence-electron chi connectivity index (χ3n) is 2.93. The Bertz CT molecular complexity index is 419. The number of anilines is 1. The summed E-state index contributed by atoms with van der Waals surface area (Å²) in [6.07, 6.45) is -0.374. The number of aryl methyl sites for hydroxylation is 1. The number of carbonyl (C=O) groups excluding carboxylic acids is 1. The van der Waals surface area contributed by atoms with Gasteiger partial charge in [-0.15, -0.1) is 0 Å². The van der Waals surface area contributed by atoms with Crippen LogP contribution < -0.4 is 10.6 Å². The number of benzene rings is 1. The number of rotatable bonds is 3. The molecule has 2 atom stereocenters. The van der Waals surface area contributed by atoms with E-state index in [9.17, 15) is 4.79 Å². The monoisotopic (exact) mass is 264 g/mol. The smallest absolute Gasteiger partial charge is 0.411 e. The van der Waals surface area contributed by atoms with Crippen molar-refractivity contribution in [1.82, 2.24) is 5.32 Å². The number of hydrogen-bond donors (Lipinski definition) is 2. The second-order valence-electron chi connectivity index (χ2n) is 4.82. The minimum absolute atomic E-state index is 0.0764. The van der Waals surface area contributed by atoms with E-state index < -0.39 is 6.09 Å². The number of hydrogen-bond acceptors (Lipinski definition) is 4. The van der Waals surface area contributed by atoms with E-state index in [1.807, 2.05) is 38.1 Å². The van der Waals surface area contributed by atoms with Crippen LogP contribution in [0.2, 0.25) is 0 Å². The molecule has 1 aliphatic rings. The average molecular weight is 264 g/mol. The van der Waals surface area contributed by atoms with E-state index in [1.165, 1.54) is 0 Å². The molecular formula is C14H20N2O3. The van der Waals surface area contributed by atoms with Gasteiger partial charge in [-0.2, -0.15) is 0 Å². The molecule has 0 radical (unpaired) electrons. The van der Waals surface area contributed by atoms with Gasteiger partial charge in [-0.05, 0) is 26.0 Å². The highest BCUT2D eigenvalue weighted by Crippen LogP contribution is 2.09. The van der Waals surface area contributed by atoms with Crippen LogP contribution in [0, 0.1) is 6.92 Å². The second-order valence-corrected chi connectivity index (χ2v) is 4.82. The maximum Gasteiger partial charge on any atom is 0.411 e. The first kappa shape index (κ1) is 13.8.